The minimum absolute atomic E-state index is 0.104. The summed E-state index contributed by atoms with van der Waals surface area (Å²) in [5.41, 5.74) is 3.04. The molecular weight excluding hydrogens is 196 g/mol. The monoisotopic (exact) mass is 216 g/mol. The van der Waals surface area contributed by atoms with Gasteiger partial charge in [-0.05, 0) is 42.7 Å². The minimum atomic E-state index is 0.104. The molecule has 1 aromatic rings. The van der Waals surface area contributed by atoms with Crippen molar-refractivity contribution in [3.63, 3.8) is 0 Å². The smallest absolute Gasteiger partial charge is 0.0530 e. The third-order valence-corrected chi connectivity index (χ3v) is 4.81. The Bertz CT molecular complexity index is 385. The van der Waals surface area contributed by atoms with Crippen LogP contribution in [-0.4, -0.2) is 11.7 Å². The Morgan fingerprint density at radius 2 is 2.06 bits per heavy atom. The van der Waals surface area contributed by atoms with E-state index in [2.05, 4.69) is 24.3 Å². The molecule has 1 saturated carbocycles. The van der Waals surface area contributed by atoms with Crippen LogP contribution in [-0.2, 0) is 11.8 Å². The highest BCUT2D eigenvalue weighted by Crippen LogP contribution is 2.49. The van der Waals surface area contributed by atoms with Crippen LogP contribution in [0.15, 0.2) is 24.3 Å². The van der Waals surface area contributed by atoms with Gasteiger partial charge in [-0.2, -0.15) is 0 Å². The fourth-order valence-corrected chi connectivity index (χ4v) is 3.93. The van der Waals surface area contributed by atoms with Crippen LogP contribution in [0.2, 0.25) is 0 Å². The van der Waals surface area contributed by atoms with E-state index in [1.165, 1.54) is 49.7 Å². The molecule has 2 atom stereocenters. The van der Waals surface area contributed by atoms with E-state index in [1.54, 1.807) is 0 Å². The molecule has 0 bridgehead atoms. The fourth-order valence-electron chi connectivity index (χ4n) is 3.93. The van der Waals surface area contributed by atoms with Crippen molar-refractivity contribution in [2.24, 2.45) is 5.92 Å². The first kappa shape index (κ1) is 10.3. The molecule has 0 aliphatic heterocycles. The van der Waals surface area contributed by atoms with Gasteiger partial charge in [0.2, 0.25) is 0 Å². The van der Waals surface area contributed by atoms with Gasteiger partial charge in [-0.25, -0.2) is 0 Å². The number of aryl methyl sites for hydroxylation is 1. The molecule has 1 N–H and O–H groups in total. The van der Waals surface area contributed by atoms with Crippen molar-refractivity contribution in [3.8, 4) is 0 Å². The number of aliphatic hydroxyl groups excluding tert-OH is 1. The van der Waals surface area contributed by atoms with E-state index in [9.17, 15) is 5.11 Å². The van der Waals surface area contributed by atoms with Gasteiger partial charge in [-0.3, -0.25) is 0 Å². The van der Waals surface area contributed by atoms with Crippen molar-refractivity contribution >= 4 is 0 Å². The molecule has 0 aromatic heterocycles. The Hall–Kier alpha value is -0.820. The SMILES string of the molecule is OC[C@]12CCCC[C@@H]1CCc1ccccc12. The van der Waals surface area contributed by atoms with Crippen molar-refractivity contribution in [1.29, 1.82) is 0 Å². The van der Waals surface area contributed by atoms with Gasteiger partial charge < -0.3 is 5.11 Å². The first-order chi connectivity index (χ1) is 7.87. The predicted octanol–water partition coefficient (Wildman–Crippen LogP) is 3.05. The van der Waals surface area contributed by atoms with Gasteiger partial charge in [0.25, 0.3) is 0 Å². The lowest BCUT2D eigenvalue weighted by Gasteiger charge is -2.47. The largest absolute Gasteiger partial charge is 0.395 e. The number of aliphatic hydroxyl groups is 1. The molecule has 0 heterocycles. The van der Waals surface area contributed by atoms with Crippen molar-refractivity contribution in [3.05, 3.63) is 35.4 Å². The molecule has 16 heavy (non-hydrogen) atoms. The summed E-state index contributed by atoms with van der Waals surface area (Å²) in [6, 6.07) is 8.76. The normalized spacial score (nSPS) is 32.9. The van der Waals surface area contributed by atoms with Crippen LogP contribution in [0.5, 0.6) is 0 Å². The first-order valence-electron chi connectivity index (χ1n) is 6.56. The molecule has 0 spiro atoms. The Kier molecular flexibility index (Phi) is 2.51. The summed E-state index contributed by atoms with van der Waals surface area (Å²) in [4.78, 5) is 0. The molecule has 1 nitrogen and oxygen atoms in total. The van der Waals surface area contributed by atoms with Gasteiger partial charge in [-0.1, -0.05) is 37.1 Å². The summed E-state index contributed by atoms with van der Waals surface area (Å²) >= 11 is 0. The average Bonchev–Trinajstić information content (AvgIpc) is 2.38. The summed E-state index contributed by atoms with van der Waals surface area (Å²) in [6.45, 7) is 0.342. The van der Waals surface area contributed by atoms with Crippen LogP contribution in [0, 0.1) is 5.92 Å². The van der Waals surface area contributed by atoms with Crippen molar-refractivity contribution in [1.82, 2.24) is 0 Å². The van der Waals surface area contributed by atoms with Crippen LogP contribution >= 0.6 is 0 Å². The van der Waals surface area contributed by atoms with Crippen LogP contribution in [0.25, 0.3) is 0 Å². The molecule has 1 aromatic carbocycles. The van der Waals surface area contributed by atoms with Gasteiger partial charge in [0.15, 0.2) is 0 Å². The van der Waals surface area contributed by atoms with E-state index < -0.39 is 0 Å². The predicted molar refractivity (Wildman–Crippen MR) is 65.5 cm³/mol. The quantitative estimate of drug-likeness (QED) is 0.765. The summed E-state index contributed by atoms with van der Waals surface area (Å²) < 4.78 is 0. The summed E-state index contributed by atoms with van der Waals surface area (Å²) in [7, 11) is 0. The summed E-state index contributed by atoms with van der Waals surface area (Å²) in [5.74, 6) is 0.723. The maximum Gasteiger partial charge on any atom is 0.0530 e. The van der Waals surface area contributed by atoms with Crippen molar-refractivity contribution < 1.29 is 5.11 Å². The van der Waals surface area contributed by atoms with Crippen LogP contribution in [0.4, 0.5) is 0 Å². The van der Waals surface area contributed by atoms with E-state index in [-0.39, 0.29) is 5.41 Å². The summed E-state index contributed by atoms with van der Waals surface area (Å²) in [6.07, 6.45) is 7.63. The number of hydrogen-bond donors (Lipinski definition) is 1. The Balaban J connectivity index is 2.11. The number of hydrogen-bond acceptors (Lipinski definition) is 1. The Morgan fingerprint density at radius 1 is 1.19 bits per heavy atom. The summed E-state index contributed by atoms with van der Waals surface area (Å²) in [5, 5.41) is 9.92. The zero-order valence-electron chi connectivity index (χ0n) is 9.78. The zero-order chi connectivity index (χ0) is 11.0. The second-order valence-electron chi connectivity index (χ2n) is 5.45. The standard InChI is InChI=1S/C15H20O/c16-11-15-10-4-3-6-13(15)9-8-12-5-1-2-7-14(12)15/h1-2,5,7,13,16H,3-4,6,8-11H2/t13-,15-/m1/s1. The number of fused-ring (bicyclic) bond motifs is 3. The van der Waals surface area contributed by atoms with E-state index in [4.69, 9.17) is 0 Å². The lowest BCUT2D eigenvalue weighted by atomic mass is 9.57. The molecule has 0 amide bonds. The van der Waals surface area contributed by atoms with E-state index in [0.717, 1.165) is 5.92 Å². The number of benzene rings is 1. The molecule has 2 aliphatic rings. The van der Waals surface area contributed by atoms with Crippen LogP contribution < -0.4 is 0 Å². The van der Waals surface area contributed by atoms with Crippen molar-refractivity contribution in [2.45, 2.75) is 43.9 Å². The third kappa shape index (κ3) is 1.34. The lowest BCUT2D eigenvalue weighted by molar-refractivity contribution is 0.0804. The van der Waals surface area contributed by atoms with Gasteiger partial charge >= 0.3 is 0 Å². The molecule has 0 radical (unpaired) electrons. The van der Waals surface area contributed by atoms with Gasteiger partial charge in [0.1, 0.15) is 0 Å². The van der Waals surface area contributed by atoms with E-state index >= 15 is 0 Å². The molecule has 0 unspecified atom stereocenters. The highest BCUT2D eigenvalue weighted by Gasteiger charge is 2.44. The van der Waals surface area contributed by atoms with Crippen LogP contribution in [0.3, 0.4) is 0 Å². The molecule has 2 aliphatic carbocycles. The van der Waals surface area contributed by atoms with Gasteiger partial charge in [0.05, 0.1) is 6.61 Å². The maximum absolute atomic E-state index is 9.92. The Labute approximate surface area is 97.5 Å². The topological polar surface area (TPSA) is 20.2 Å². The second-order valence-corrected chi connectivity index (χ2v) is 5.45. The fraction of sp³-hybridized carbons (Fsp3) is 0.600. The maximum atomic E-state index is 9.92. The third-order valence-electron chi connectivity index (χ3n) is 4.81. The minimum Gasteiger partial charge on any atom is -0.395 e. The molecular formula is C15H20O. The highest BCUT2D eigenvalue weighted by atomic mass is 16.3. The van der Waals surface area contributed by atoms with E-state index in [0.29, 0.717) is 6.61 Å². The molecule has 1 fully saturated rings. The average molecular weight is 216 g/mol. The zero-order valence-corrected chi connectivity index (χ0v) is 9.78. The number of rotatable bonds is 1. The molecule has 86 valence electrons. The van der Waals surface area contributed by atoms with Crippen LogP contribution in [0.1, 0.15) is 43.2 Å². The Morgan fingerprint density at radius 3 is 2.94 bits per heavy atom. The highest BCUT2D eigenvalue weighted by molar-refractivity contribution is 5.38. The molecule has 3 rings (SSSR count). The van der Waals surface area contributed by atoms with Gasteiger partial charge in [-0.15, -0.1) is 0 Å². The second kappa shape index (κ2) is 3.89. The van der Waals surface area contributed by atoms with Gasteiger partial charge in [0, 0.05) is 5.41 Å². The van der Waals surface area contributed by atoms with Crippen molar-refractivity contribution in [2.75, 3.05) is 6.61 Å². The lowest BCUT2D eigenvalue weighted by Crippen LogP contribution is -2.44. The molecule has 1 heteroatoms. The molecule has 0 saturated heterocycles. The van der Waals surface area contributed by atoms with E-state index in [1.807, 2.05) is 0 Å². The first-order valence-corrected chi connectivity index (χ1v) is 6.56.